The van der Waals surface area contributed by atoms with E-state index in [1.165, 1.54) is 7.11 Å². The maximum Gasteiger partial charge on any atom is 0.369 e. The van der Waals surface area contributed by atoms with Gasteiger partial charge in [0.25, 0.3) is 0 Å². The average molecular weight is 320 g/mol. The molecule has 0 amide bonds. The molecule has 3 rings (SSSR count). The molecule has 0 aromatic heterocycles. The minimum atomic E-state index is -3.97. The molecule has 2 N–H and O–H groups in total. The van der Waals surface area contributed by atoms with Crippen LogP contribution >= 0.6 is 7.60 Å². The molecule has 0 saturated carbocycles. The highest BCUT2D eigenvalue weighted by molar-refractivity contribution is 7.55. The third-order valence-electron chi connectivity index (χ3n) is 3.94. The van der Waals surface area contributed by atoms with Gasteiger partial charge in [0.1, 0.15) is 12.2 Å². The van der Waals surface area contributed by atoms with Crippen molar-refractivity contribution >= 4 is 7.60 Å². The van der Waals surface area contributed by atoms with Crippen LogP contribution in [0.25, 0.3) is 0 Å². The zero-order valence-corrected chi connectivity index (χ0v) is 12.9. The van der Waals surface area contributed by atoms with Gasteiger partial charge in [-0.05, 0) is 11.1 Å². The minimum absolute atomic E-state index is 0.297. The van der Waals surface area contributed by atoms with Gasteiger partial charge in [-0.15, -0.1) is 0 Å². The Labute approximate surface area is 128 Å². The predicted octanol–water partition coefficient (Wildman–Crippen LogP) is 2.80. The van der Waals surface area contributed by atoms with Crippen LogP contribution in [0.4, 0.5) is 0 Å². The van der Waals surface area contributed by atoms with Crippen molar-refractivity contribution in [1.29, 1.82) is 0 Å². The summed E-state index contributed by atoms with van der Waals surface area (Å²) in [6.45, 7) is 0. The zero-order valence-electron chi connectivity index (χ0n) is 12.0. The van der Waals surface area contributed by atoms with E-state index in [9.17, 15) is 14.8 Å². The van der Waals surface area contributed by atoms with Gasteiger partial charge in [-0.2, -0.15) is 0 Å². The Morgan fingerprint density at radius 1 is 1.09 bits per heavy atom. The van der Waals surface area contributed by atoms with E-state index in [0.29, 0.717) is 11.1 Å². The number of hydrogen-bond donors (Lipinski definition) is 2. The molecule has 0 bridgehead atoms. The van der Waals surface area contributed by atoms with Crippen LogP contribution in [-0.2, 0) is 19.0 Å². The second kappa shape index (κ2) is 5.61. The number of aliphatic hydroxyl groups is 2. The summed E-state index contributed by atoms with van der Waals surface area (Å²) in [7, 11) is -2.76. The maximum absolute atomic E-state index is 13.0. The molecule has 0 aliphatic carbocycles. The fraction of sp³-hybridized carbons (Fsp3) is 0.250. The van der Waals surface area contributed by atoms with Crippen molar-refractivity contribution in [3.8, 4) is 0 Å². The van der Waals surface area contributed by atoms with Crippen molar-refractivity contribution < 1.29 is 23.8 Å². The standard InChI is InChI=1S/C16H17O5P/c1-20-22(19)16(18,13-10-6-3-7-11-13)15(17)14(21-22)12-8-4-2-5-9-12/h2-11,14-15,17-18H,1H3/t14-,15-,16+,22+/m0/s1. The van der Waals surface area contributed by atoms with Gasteiger partial charge in [0.05, 0.1) is 0 Å². The molecule has 22 heavy (non-hydrogen) atoms. The van der Waals surface area contributed by atoms with Crippen molar-refractivity contribution in [2.75, 3.05) is 7.11 Å². The van der Waals surface area contributed by atoms with Crippen molar-refractivity contribution in [2.24, 2.45) is 0 Å². The third-order valence-corrected chi connectivity index (χ3v) is 6.28. The Bertz CT molecular complexity index is 690. The first kappa shape index (κ1) is 15.4. The summed E-state index contributed by atoms with van der Waals surface area (Å²) in [5, 5.41) is 19.6. The summed E-state index contributed by atoms with van der Waals surface area (Å²) >= 11 is 0. The van der Waals surface area contributed by atoms with E-state index in [0.717, 1.165) is 0 Å². The van der Waals surface area contributed by atoms with Gasteiger partial charge in [0, 0.05) is 7.11 Å². The molecule has 2 aromatic carbocycles. The van der Waals surface area contributed by atoms with Gasteiger partial charge >= 0.3 is 7.60 Å². The summed E-state index contributed by atoms with van der Waals surface area (Å²) < 4.78 is 23.5. The molecule has 1 aliphatic rings. The lowest BCUT2D eigenvalue weighted by Gasteiger charge is -2.29. The molecule has 0 radical (unpaired) electrons. The van der Waals surface area contributed by atoms with Crippen LogP contribution in [0.1, 0.15) is 17.2 Å². The normalized spacial score (nSPS) is 34.7. The summed E-state index contributed by atoms with van der Waals surface area (Å²) in [5.41, 5.74) is 0.922. The molecule has 6 heteroatoms. The molecule has 1 fully saturated rings. The Morgan fingerprint density at radius 2 is 1.64 bits per heavy atom. The van der Waals surface area contributed by atoms with Gasteiger partial charge in [-0.3, -0.25) is 9.09 Å². The number of benzene rings is 2. The molecule has 0 unspecified atom stereocenters. The van der Waals surface area contributed by atoms with Crippen molar-refractivity contribution in [3.63, 3.8) is 0 Å². The smallest absolute Gasteiger partial charge is 0.369 e. The lowest BCUT2D eigenvalue weighted by atomic mass is 9.95. The Morgan fingerprint density at radius 3 is 2.18 bits per heavy atom. The molecule has 0 spiro atoms. The van der Waals surface area contributed by atoms with Crippen molar-refractivity contribution in [2.45, 2.75) is 17.6 Å². The first-order chi connectivity index (χ1) is 10.5. The van der Waals surface area contributed by atoms with E-state index < -0.39 is 25.1 Å². The quantitative estimate of drug-likeness (QED) is 0.851. The lowest BCUT2D eigenvalue weighted by molar-refractivity contribution is -0.0385. The number of rotatable bonds is 3. The van der Waals surface area contributed by atoms with Gasteiger partial charge in [-0.1, -0.05) is 60.7 Å². The van der Waals surface area contributed by atoms with Crippen LogP contribution in [-0.4, -0.2) is 23.4 Å². The number of hydrogen-bond acceptors (Lipinski definition) is 5. The molecule has 116 valence electrons. The highest BCUT2D eigenvalue weighted by Gasteiger charge is 2.65. The SMILES string of the molecule is CO[P@@]1(=O)O[C@@H](c2ccccc2)[C@H](O)[C@@]1(O)c1ccccc1. The highest BCUT2D eigenvalue weighted by Crippen LogP contribution is 2.73. The van der Waals surface area contributed by atoms with Gasteiger partial charge in [0.15, 0.2) is 0 Å². The minimum Gasteiger partial charge on any atom is -0.386 e. The third kappa shape index (κ3) is 2.14. The topological polar surface area (TPSA) is 76.0 Å². The molecular formula is C16H17O5P. The molecular weight excluding hydrogens is 303 g/mol. The molecule has 1 saturated heterocycles. The van der Waals surface area contributed by atoms with Crippen LogP contribution < -0.4 is 0 Å². The summed E-state index contributed by atoms with van der Waals surface area (Å²) in [6, 6.07) is 17.2. The van der Waals surface area contributed by atoms with Crippen LogP contribution in [0.5, 0.6) is 0 Å². The second-order valence-corrected chi connectivity index (χ2v) is 7.41. The average Bonchev–Trinajstić information content (AvgIpc) is 2.79. The van der Waals surface area contributed by atoms with Crippen molar-refractivity contribution in [3.05, 3.63) is 71.8 Å². The van der Waals surface area contributed by atoms with Gasteiger partial charge < -0.3 is 14.7 Å². The van der Waals surface area contributed by atoms with Crippen LogP contribution in [0.15, 0.2) is 60.7 Å². The molecule has 4 atom stereocenters. The first-order valence-corrected chi connectivity index (χ1v) is 8.42. The Balaban J connectivity index is 2.11. The molecule has 2 aromatic rings. The van der Waals surface area contributed by atoms with Crippen LogP contribution in [0.3, 0.4) is 0 Å². The Kier molecular flexibility index (Phi) is 3.93. The highest BCUT2D eigenvalue weighted by atomic mass is 31.2. The summed E-state index contributed by atoms with van der Waals surface area (Å²) in [5.74, 6) is 0. The number of aliphatic hydroxyl groups excluding tert-OH is 1. The van der Waals surface area contributed by atoms with Gasteiger partial charge in [-0.25, -0.2) is 0 Å². The lowest BCUT2D eigenvalue weighted by Crippen LogP contribution is -2.37. The fourth-order valence-corrected chi connectivity index (χ4v) is 4.73. The van der Waals surface area contributed by atoms with E-state index >= 15 is 0 Å². The fourth-order valence-electron chi connectivity index (χ4n) is 2.74. The van der Waals surface area contributed by atoms with E-state index in [2.05, 4.69) is 0 Å². The Hall–Kier alpha value is -1.49. The molecule has 1 heterocycles. The predicted molar refractivity (Wildman–Crippen MR) is 81.2 cm³/mol. The van der Waals surface area contributed by atoms with E-state index in [-0.39, 0.29) is 0 Å². The van der Waals surface area contributed by atoms with E-state index in [1.54, 1.807) is 54.6 Å². The first-order valence-electron chi connectivity index (χ1n) is 6.88. The zero-order chi connectivity index (χ0) is 15.8. The molecule has 1 aliphatic heterocycles. The maximum atomic E-state index is 13.0. The summed E-state index contributed by atoms with van der Waals surface area (Å²) in [4.78, 5) is 0. The van der Waals surface area contributed by atoms with Gasteiger partial charge in [0.2, 0.25) is 5.34 Å². The monoisotopic (exact) mass is 320 g/mol. The van der Waals surface area contributed by atoms with E-state index in [4.69, 9.17) is 9.05 Å². The summed E-state index contributed by atoms with van der Waals surface area (Å²) in [6.07, 6.45) is -2.35. The van der Waals surface area contributed by atoms with E-state index in [1.807, 2.05) is 6.07 Å². The van der Waals surface area contributed by atoms with Crippen LogP contribution in [0, 0.1) is 0 Å². The second-order valence-electron chi connectivity index (χ2n) is 5.15. The van der Waals surface area contributed by atoms with Crippen LogP contribution in [0.2, 0.25) is 0 Å². The van der Waals surface area contributed by atoms with Crippen molar-refractivity contribution in [1.82, 2.24) is 0 Å². The largest absolute Gasteiger partial charge is 0.386 e. The molecule has 5 nitrogen and oxygen atoms in total.